The number of nitrogens with two attached hydrogens (primary N) is 1. The molecule has 0 radical (unpaired) electrons. The zero-order chi connectivity index (χ0) is 12.1. The fraction of sp³-hybridized carbons (Fsp3) is 0.364. The first-order chi connectivity index (χ1) is 8.24. The molecule has 17 heavy (non-hydrogen) atoms. The number of nitrogens with one attached hydrogen (secondary N) is 1. The molecular formula is C11H16N6. The molecule has 0 aliphatic carbocycles. The topological polar surface area (TPSA) is 81.6 Å². The van der Waals surface area contributed by atoms with Gasteiger partial charge in [0.2, 0.25) is 0 Å². The van der Waals surface area contributed by atoms with Crippen LogP contribution in [0.25, 0.3) is 0 Å². The second-order valence-corrected chi connectivity index (χ2v) is 3.77. The summed E-state index contributed by atoms with van der Waals surface area (Å²) in [6, 6.07) is 3.66. The molecule has 0 aliphatic rings. The molecule has 0 bridgehead atoms. The number of nitrogens with zero attached hydrogens (tertiary/aromatic N) is 4. The van der Waals surface area contributed by atoms with Crippen molar-refractivity contribution in [1.29, 1.82) is 0 Å². The van der Waals surface area contributed by atoms with E-state index < -0.39 is 0 Å². The first kappa shape index (κ1) is 11.4. The van der Waals surface area contributed by atoms with Crippen molar-refractivity contribution in [3.63, 3.8) is 0 Å². The summed E-state index contributed by atoms with van der Waals surface area (Å²) in [4.78, 5) is 8.26. The van der Waals surface area contributed by atoms with Crippen molar-refractivity contribution >= 4 is 11.6 Å². The molecular weight excluding hydrogens is 216 g/mol. The van der Waals surface area contributed by atoms with Crippen molar-refractivity contribution in [2.45, 2.75) is 19.9 Å². The summed E-state index contributed by atoms with van der Waals surface area (Å²) >= 11 is 0. The average molecular weight is 232 g/mol. The Bertz CT molecular complexity index is 445. The van der Waals surface area contributed by atoms with Gasteiger partial charge in [0.25, 0.3) is 0 Å². The van der Waals surface area contributed by atoms with Gasteiger partial charge in [-0.1, -0.05) is 0 Å². The predicted molar refractivity (Wildman–Crippen MR) is 66.5 cm³/mol. The number of nitrogen functional groups attached to an aromatic ring is 1. The van der Waals surface area contributed by atoms with Crippen LogP contribution in [0.3, 0.4) is 0 Å². The predicted octanol–water partition coefficient (Wildman–Crippen LogP) is 1.07. The molecule has 0 spiro atoms. The van der Waals surface area contributed by atoms with Gasteiger partial charge in [-0.3, -0.25) is 4.68 Å². The van der Waals surface area contributed by atoms with Crippen LogP contribution in [0, 0.1) is 6.92 Å². The van der Waals surface area contributed by atoms with E-state index in [1.54, 1.807) is 12.3 Å². The molecule has 0 amide bonds. The molecule has 2 aromatic heterocycles. The number of aryl methyl sites for hydroxylation is 2. The van der Waals surface area contributed by atoms with Crippen LogP contribution in [0.2, 0.25) is 0 Å². The van der Waals surface area contributed by atoms with Crippen molar-refractivity contribution < 1.29 is 0 Å². The maximum atomic E-state index is 5.64. The Morgan fingerprint density at radius 3 is 3.00 bits per heavy atom. The first-order valence-corrected chi connectivity index (χ1v) is 5.56. The fourth-order valence-electron chi connectivity index (χ4n) is 1.57. The molecule has 3 N–H and O–H groups in total. The number of hydrogen-bond acceptors (Lipinski definition) is 5. The molecule has 0 atom stereocenters. The third kappa shape index (κ3) is 3.44. The van der Waals surface area contributed by atoms with E-state index in [2.05, 4.69) is 20.4 Å². The third-order valence-corrected chi connectivity index (χ3v) is 2.29. The summed E-state index contributed by atoms with van der Waals surface area (Å²) in [5, 5.41) is 7.35. The molecule has 2 aromatic rings. The van der Waals surface area contributed by atoms with Crippen molar-refractivity contribution in [2.24, 2.45) is 0 Å². The molecule has 6 heteroatoms. The van der Waals surface area contributed by atoms with Gasteiger partial charge in [0.15, 0.2) is 0 Å². The molecule has 0 saturated heterocycles. The lowest BCUT2D eigenvalue weighted by Crippen LogP contribution is -2.09. The lowest BCUT2D eigenvalue weighted by molar-refractivity contribution is 0.591. The minimum atomic E-state index is 0.493. The van der Waals surface area contributed by atoms with E-state index in [1.165, 1.54) is 0 Å². The molecule has 0 aromatic carbocycles. The van der Waals surface area contributed by atoms with Gasteiger partial charge in [0.05, 0.1) is 0 Å². The summed E-state index contributed by atoms with van der Waals surface area (Å²) < 4.78 is 1.90. The third-order valence-electron chi connectivity index (χ3n) is 2.29. The van der Waals surface area contributed by atoms with Gasteiger partial charge in [-0.15, -0.1) is 0 Å². The normalized spacial score (nSPS) is 10.4. The van der Waals surface area contributed by atoms with Gasteiger partial charge >= 0.3 is 0 Å². The lowest BCUT2D eigenvalue weighted by Gasteiger charge is -2.07. The van der Waals surface area contributed by atoms with Crippen LogP contribution < -0.4 is 11.1 Å². The number of anilines is 2. The molecule has 0 unspecified atom stereocenters. The Morgan fingerprint density at radius 2 is 2.29 bits per heavy atom. The average Bonchev–Trinajstić information content (AvgIpc) is 2.76. The second kappa shape index (κ2) is 5.29. The number of rotatable bonds is 5. The highest BCUT2D eigenvalue weighted by Gasteiger charge is 1.98. The second-order valence-electron chi connectivity index (χ2n) is 3.77. The highest BCUT2D eigenvalue weighted by molar-refractivity contribution is 5.44. The molecule has 90 valence electrons. The van der Waals surface area contributed by atoms with Crippen LogP contribution in [0.4, 0.5) is 11.6 Å². The summed E-state index contributed by atoms with van der Waals surface area (Å²) in [7, 11) is 0. The van der Waals surface area contributed by atoms with Gasteiger partial charge in [-0.25, -0.2) is 9.97 Å². The van der Waals surface area contributed by atoms with Crippen LogP contribution in [0.5, 0.6) is 0 Å². The van der Waals surface area contributed by atoms with Crippen LogP contribution in [-0.2, 0) is 6.54 Å². The van der Waals surface area contributed by atoms with E-state index >= 15 is 0 Å². The fourth-order valence-corrected chi connectivity index (χ4v) is 1.57. The summed E-state index contributed by atoms with van der Waals surface area (Å²) in [5.41, 5.74) is 5.64. The summed E-state index contributed by atoms with van der Waals surface area (Å²) in [5.74, 6) is 1.95. The van der Waals surface area contributed by atoms with E-state index in [4.69, 9.17) is 5.73 Å². The standard InChI is InChI=1S/C11H16N6/c1-9-15-10(12)8-11(16-9)13-4-2-6-17-7-3-5-14-17/h3,5,7-8H,2,4,6H2,1H3,(H3,12,13,15,16). The van der Waals surface area contributed by atoms with Crippen molar-refractivity contribution in [1.82, 2.24) is 19.7 Å². The Kier molecular flexibility index (Phi) is 3.54. The van der Waals surface area contributed by atoms with E-state index in [0.717, 1.165) is 25.3 Å². The highest BCUT2D eigenvalue weighted by atomic mass is 15.3. The molecule has 2 rings (SSSR count). The molecule has 2 heterocycles. The molecule has 0 fully saturated rings. The van der Waals surface area contributed by atoms with Crippen molar-refractivity contribution in [3.8, 4) is 0 Å². The Balaban J connectivity index is 1.78. The minimum Gasteiger partial charge on any atom is -0.384 e. The van der Waals surface area contributed by atoms with Crippen molar-refractivity contribution in [3.05, 3.63) is 30.4 Å². The summed E-state index contributed by atoms with van der Waals surface area (Å²) in [6.45, 7) is 3.54. The molecule has 0 saturated carbocycles. The van der Waals surface area contributed by atoms with E-state index in [0.29, 0.717) is 11.6 Å². The van der Waals surface area contributed by atoms with Gasteiger partial charge < -0.3 is 11.1 Å². The van der Waals surface area contributed by atoms with Gasteiger partial charge in [0.1, 0.15) is 17.5 Å². The smallest absolute Gasteiger partial charge is 0.131 e. The lowest BCUT2D eigenvalue weighted by atomic mass is 10.4. The monoisotopic (exact) mass is 232 g/mol. The quantitative estimate of drug-likeness (QED) is 0.753. The molecule has 0 aliphatic heterocycles. The largest absolute Gasteiger partial charge is 0.384 e. The summed E-state index contributed by atoms with van der Waals surface area (Å²) in [6.07, 6.45) is 4.71. The van der Waals surface area contributed by atoms with Crippen LogP contribution >= 0.6 is 0 Å². The number of hydrogen-bond donors (Lipinski definition) is 2. The van der Waals surface area contributed by atoms with E-state index in [-0.39, 0.29) is 0 Å². The van der Waals surface area contributed by atoms with E-state index in [9.17, 15) is 0 Å². The van der Waals surface area contributed by atoms with Gasteiger partial charge in [-0.05, 0) is 19.4 Å². The van der Waals surface area contributed by atoms with Crippen LogP contribution in [0.15, 0.2) is 24.5 Å². The number of aromatic nitrogens is 4. The van der Waals surface area contributed by atoms with E-state index in [1.807, 2.05) is 23.9 Å². The highest BCUT2D eigenvalue weighted by Crippen LogP contribution is 2.07. The maximum Gasteiger partial charge on any atom is 0.131 e. The van der Waals surface area contributed by atoms with Gasteiger partial charge in [-0.2, -0.15) is 5.10 Å². The molecule has 6 nitrogen and oxygen atoms in total. The van der Waals surface area contributed by atoms with Gasteiger partial charge in [0, 0.05) is 31.5 Å². The Labute approximate surface area is 99.9 Å². The van der Waals surface area contributed by atoms with Crippen molar-refractivity contribution in [2.75, 3.05) is 17.6 Å². The zero-order valence-electron chi connectivity index (χ0n) is 9.80. The SMILES string of the molecule is Cc1nc(N)cc(NCCCn2cccn2)n1. The van der Waals surface area contributed by atoms with Crippen LogP contribution in [0.1, 0.15) is 12.2 Å². The zero-order valence-corrected chi connectivity index (χ0v) is 9.80. The Morgan fingerprint density at radius 1 is 1.41 bits per heavy atom. The first-order valence-electron chi connectivity index (χ1n) is 5.56. The Hall–Kier alpha value is -2.11. The minimum absolute atomic E-state index is 0.493. The maximum absolute atomic E-state index is 5.64. The van der Waals surface area contributed by atoms with Crippen LogP contribution in [-0.4, -0.2) is 26.3 Å².